The van der Waals surface area contributed by atoms with Gasteiger partial charge in [0, 0.05) is 17.7 Å². The van der Waals surface area contributed by atoms with Crippen molar-refractivity contribution in [2.75, 3.05) is 25.4 Å². The van der Waals surface area contributed by atoms with Gasteiger partial charge in [0.15, 0.2) is 0 Å². The topological polar surface area (TPSA) is 53.4 Å². The number of piperidine rings is 1. The van der Waals surface area contributed by atoms with Crippen LogP contribution in [0.1, 0.15) is 31.2 Å². The number of nitrogens with zero attached hydrogens (tertiary/aromatic N) is 2. The van der Waals surface area contributed by atoms with Gasteiger partial charge in [-0.15, -0.1) is 23.1 Å². The number of aliphatic carboxylic acids is 1. The van der Waals surface area contributed by atoms with Crippen LogP contribution in [0, 0.1) is 11.2 Å². The molecule has 0 unspecified atom stereocenters. The van der Waals surface area contributed by atoms with Crippen LogP contribution >= 0.6 is 23.1 Å². The van der Waals surface area contributed by atoms with E-state index in [0.29, 0.717) is 37.7 Å². The molecule has 1 saturated heterocycles. The van der Waals surface area contributed by atoms with Crippen LogP contribution in [0.3, 0.4) is 0 Å². The molecule has 0 aliphatic carbocycles. The molecule has 2 aromatic heterocycles. The quantitative estimate of drug-likeness (QED) is 0.416. The fourth-order valence-electron chi connectivity index (χ4n) is 4.43. The molecular formula is C24H27FN2O2S2. The van der Waals surface area contributed by atoms with Crippen LogP contribution in [0.25, 0.3) is 10.9 Å². The van der Waals surface area contributed by atoms with Gasteiger partial charge in [-0.25, -0.2) is 4.39 Å². The molecule has 4 rings (SSSR count). The van der Waals surface area contributed by atoms with E-state index < -0.39 is 11.4 Å². The van der Waals surface area contributed by atoms with Crippen LogP contribution in [0.2, 0.25) is 0 Å². The second-order valence-electron chi connectivity index (χ2n) is 8.16. The second kappa shape index (κ2) is 10.1. The molecule has 3 heterocycles. The highest BCUT2D eigenvalue weighted by molar-refractivity contribution is 8.01. The minimum absolute atomic E-state index is 0.305. The van der Waals surface area contributed by atoms with Crippen LogP contribution < -0.4 is 0 Å². The first-order chi connectivity index (χ1) is 15.1. The number of halogens is 1. The van der Waals surface area contributed by atoms with Crippen molar-refractivity contribution >= 4 is 40.0 Å². The number of fused-ring (bicyclic) bond motifs is 1. The maximum atomic E-state index is 14.4. The van der Waals surface area contributed by atoms with Crippen LogP contribution in [-0.4, -0.2) is 46.3 Å². The Morgan fingerprint density at radius 3 is 2.77 bits per heavy atom. The summed E-state index contributed by atoms with van der Waals surface area (Å²) in [6, 6.07) is 11.7. The zero-order chi connectivity index (χ0) is 21.7. The maximum absolute atomic E-state index is 14.4. The van der Waals surface area contributed by atoms with Gasteiger partial charge in [0.2, 0.25) is 0 Å². The predicted octanol–water partition coefficient (Wildman–Crippen LogP) is 5.72. The fourth-order valence-corrected chi connectivity index (χ4v) is 6.29. The van der Waals surface area contributed by atoms with Crippen LogP contribution in [0.4, 0.5) is 4.39 Å². The van der Waals surface area contributed by atoms with Crippen LogP contribution in [0.15, 0.2) is 52.2 Å². The van der Waals surface area contributed by atoms with E-state index in [1.165, 1.54) is 10.4 Å². The van der Waals surface area contributed by atoms with Crippen molar-refractivity contribution in [3.8, 4) is 0 Å². The molecule has 1 aromatic carbocycles. The molecule has 0 atom stereocenters. The summed E-state index contributed by atoms with van der Waals surface area (Å²) >= 11 is 3.62. The number of aromatic nitrogens is 1. The van der Waals surface area contributed by atoms with Crippen molar-refractivity contribution < 1.29 is 14.3 Å². The molecule has 0 spiro atoms. The summed E-state index contributed by atoms with van der Waals surface area (Å²) in [6.45, 7) is 2.60. The monoisotopic (exact) mass is 458 g/mol. The summed E-state index contributed by atoms with van der Waals surface area (Å²) < 4.78 is 15.8. The van der Waals surface area contributed by atoms with Crippen molar-refractivity contribution in [2.24, 2.45) is 5.41 Å². The first kappa shape index (κ1) is 22.2. The molecule has 3 aromatic rings. The number of carbonyl (C=O) groups is 1. The number of pyridine rings is 1. The summed E-state index contributed by atoms with van der Waals surface area (Å²) in [5.41, 5.74) is 0.728. The third kappa shape index (κ3) is 5.27. The van der Waals surface area contributed by atoms with E-state index in [1.807, 2.05) is 36.0 Å². The third-order valence-electron chi connectivity index (χ3n) is 6.33. The van der Waals surface area contributed by atoms with Gasteiger partial charge in [0.25, 0.3) is 0 Å². The number of aryl methyl sites for hydroxylation is 1. The average molecular weight is 459 g/mol. The first-order valence-corrected chi connectivity index (χ1v) is 12.6. The first-order valence-electron chi connectivity index (χ1n) is 10.7. The van der Waals surface area contributed by atoms with E-state index >= 15 is 0 Å². The lowest BCUT2D eigenvalue weighted by Crippen LogP contribution is -2.45. The number of thiophene rings is 1. The van der Waals surface area contributed by atoms with E-state index in [4.69, 9.17) is 0 Å². The van der Waals surface area contributed by atoms with Gasteiger partial charge in [-0.05, 0) is 68.3 Å². The SMILES string of the molecule is O=C(O)C1(CCCc2c(F)cnc3ccccc23)CCN(CCSc2cccs2)CC1. The standard InChI is InChI=1S/C24H27FN2O2S2/c25-20-17-26-21-7-2-1-5-19(21)18(20)6-3-9-24(23(28)29)10-12-27(13-11-24)14-16-31-22-8-4-15-30-22/h1-2,4-5,7-8,15,17H,3,6,9-14,16H2,(H,28,29). The van der Waals surface area contributed by atoms with Gasteiger partial charge >= 0.3 is 5.97 Å². The fraction of sp³-hybridized carbons (Fsp3) is 0.417. The Morgan fingerprint density at radius 1 is 1.23 bits per heavy atom. The summed E-state index contributed by atoms with van der Waals surface area (Å²) in [5, 5.41) is 12.9. The molecule has 7 heteroatoms. The lowest BCUT2D eigenvalue weighted by atomic mass is 9.74. The Hall–Kier alpha value is -1.96. The van der Waals surface area contributed by atoms with Gasteiger partial charge in [-0.2, -0.15) is 0 Å². The molecule has 164 valence electrons. The number of benzene rings is 1. The number of hydrogen-bond acceptors (Lipinski definition) is 5. The predicted molar refractivity (Wildman–Crippen MR) is 125 cm³/mol. The van der Waals surface area contributed by atoms with E-state index in [-0.39, 0.29) is 5.82 Å². The highest BCUT2D eigenvalue weighted by Gasteiger charge is 2.40. The van der Waals surface area contributed by atoms with Crippen LogP contribution in [0.5, 0.6) is 0 Å². The Balaban J connectivity index is 1.32. The molecule has 1 fully saturated rings. The molecule has 1 aliphatic rings. The maximum Gasteiger partial charge on any atom is 0.309 e. The van der Waals surface area contributed by atoms with Crippen molar-refractivity contribution in [1.29, 1.82) is 0 Å². The minimum atomic E-state index is -0.708. The van der Waals surface area contributed by atoms with Gasteiger partial charge in [-0.1, -0.05) is 24.3 Å². The lowest BCUT2D eigenvalue weighted by molar-refractivity contribution is -0.152. The van der Waals surface area contributed by atoms with E-state index in [2.05, 4.69) is 27.4 Å². The molecule has 1 aliphatic heterocycles. The lowest BCUT2D eigenvalue weighted by Gasteiger charge is -2.39. The molecular weight excluding hydrogens is 431 g/mol. The highest BCUT2D eigenvalue weighted by Crippen LogP contribution is 2.37. The summed E-state index contributed by atoms with van der Waals surface area (Å²) in [6.07, 6.45) is 4.36. The molecule has 31 heavy (non-hydrogen) atoms. The zero-order valence-corrected chi connectivity index (χ0v) is 19.1. The van der Waals surface area contributed by atoms with Crippen molar-refractivity contribution in [2.45, 2.75) is 36.3 Å². The van der Waals surface area contributed by atoms with E-state index in [0.717, 1.165) is 36.3 Å². The van der Waals surface area contributed by atoms with Crippen molar-refractivity contribution in [3.63, 3.8) is 0 Å². The van der Waals surface area contributed by atoms with Crippen LogP contribution in [-0.2, 0) is 11.2 Å². The van der Waals surface area contributed by atoms with Crippen molar-refractivity contribution in [1.82, 2.24) is 9.88 Å². The number of hydrogen-bond donors (Lipinski definition) is 1. The Morgan fingerprint density at radius 2 is 2.03 bits per heavy atom. The van der Waals surface area contributed by atoms with E-state index in [1.54, 1.807) is 11.3 Å². The molecule has 0 saturated carbocycles. The Bertz CT molecular complexity index is 1020. The van der Waals surface area contributed by atoms with Crippen molar-refractivity contribution in [3.05, 3.63) is 59.4 Å². The summed E-state index contributed by atoms with van der Waals surface area (Å²) in [7, 11) is 0. The van der Waals surface area contributed by atoms with Gasteiger partial charge < -0.3 is 10.0 Å². The second-order valence-corrected chi connectivity index (χ2v) is 10.5. The number of carboxylic acids is 1. The number of likely N-dealkylation sites (tertiary alicyclic amines) is 1. The molecule has 0 bridgehead atoms. The Labute approximate surface area is 190 Å². The van der Waals surface area contributed by atoms with Gasteiger partial charge in [0.1, 0.15) is 5.82 Å². The normalized spacial score (nSPS) is 16.5. The summed E-state index contributed by atoms with van der Waals surface area (Å²) in [5.74, 6) is 0.0101. The number of rotatable bonds is 9. The van der Waals surface area contributed by atoms with Gasteiger partial charge in [0.05, 0.1) is 21.3 Å². The number of thioether (sulfide) groups is 1. The van der Waals surface area contributed by atoms with Gasteiger partial charge in [-0.3, -0.25) is 9.78 Å². The molecule has 1 N–H and O–H groups in total. The molecule has 0 radical (unpaired) electrons. The molecule has 0 amide bonds. The third-order valence-corrected chi connectivity index (χ3v) is 8.44. The Kier molecular flexibility index (Phi) is 7.25. The largest absolute Gasteiger partial charge is 0.481 e. The zero-order valence-electron chi connectivity index (χ0n) is 17.4. The molecule has 4 nitrogen and oxygen atoms in total. The van der Waals surface area contributed by atoms with E-state index in [9.17, 15) is 14.3 Å². The smallest absolute Gasteiger partial charge is 0.309 e. The number of carboxylic acid groups (broad SMARTS) is 1. The summed E-state index contributed by atoms with van der Waals surface area (Å²) in [4.78, 5) is 18.7. The minimum Gasteiger partial charge on any atom is -0.481 e. The highest BCUT2D eigenvalue weighted by atomic mass is 32.2. The average Bonchev–Trinajstić information content (AvgIpc) is 3.30. The number of para-hydroxylation sites is 1.